The monoisotopic (exact) mass is 222 g/mol. The Morgan fingerprint density at radius 2 is 2.12 bits per heavy atom. The summed E-state index contributed by atoms with van der Waals surface area (Å²) in [5.74, 6) is -0.0721. The summed E-state index contributed by atoms with van der Waals surface area (Å²) in [5, 5.41) is 10.5. The average molecular weight is 222 g/mol. The van der Waals surface area contributed by atoms with Crippen molar-refractivity contribution < 1.29 is 9.72 Å². The van der Waals surface area contributed by atoms with E-state index in [0.717, 1.165) is 12.8 Å². The van der Waals surface area contributed by atoms with Gasteiger partial charge in [-0.05, 0) is 19.4 Å². The Morgan fingerprint density at radius 3 is 2.75 bits per heavy atom. The Kier molecular flexibility index (Phi) is 4.60. The van der Waals surface area contributed by atoms with Gasteiger partial charge in [0.15, 0.2) is 5.78 Å². The van der Waals surface area contributed by atoms with Gasteiger partial charge in [0.1, 0.15) is 0 Å². The molecule has 0 heterocycles. The lowest BCUT2D eigenvalue weighted by molar-refractivity contribution is -0.384. The summed E-state index contributed by atoms with van der Waals surface area (Å²) < 4.78 is 0. The molecule has 5 heteroatoms. The van der Waals surface area contributed by atoms with Crippen molar-refractivity contribution in [2.75, 3.05) is 6.54 Å². The minimum atomic E-state index is -0.503. The molecule has 0 radical (unpaired) electrons. The third-order valence-electron chi connectivity index (χ3n) is 2.24. The summed E-state index contributed by atoms with van der Waals surface area (Å²) in [6.07, 6.45) is 1.90. The van der Waals surface area contributed by atoms with Crippen molar-refractivity contribution in [3.8, 4) is 0 Å². The third kappa shape index (κ3) is 3.43. The largest absolute Gasteiger partial charge is 0.330 e. The highest BCUT2D eigenvalue weighted by molar-refractivity contribution is 5.96. The van der Waals surface area contributed by atoms with Crippen molar-refractivity contribution in [1.82, 2.24) is 0 Å². The van der Waals surface area contributed by atoms with Gasteiger partial charge in [0.05, 0.1) is 4.92 Å². The van der Waals surface area contributed by atoms with Gasteiger partial charge in [-0.1, -0.05) is 12.1 Å². The minimum absolute atomic E-state index is 0.0512. The molecule has 0 fully saturated rings. The zero-order valence-electron chi connectivity index (χ0n) is 8.89. The minimum Gasteiger partial charge on any atom is -0.330 e. The maximum absolute atomic E-state index is 11.6. The van der Waals surface area contributed by atoms with Crippen LogP contribution in [0.15, 0.2) is 24.3 Å². The molecule has 0 amide bonds. The number of rotatable bonds is 6. The van der Waals surface area contributed by atoms with Gasteiger partial charge in [0, 0.05) is 24.1 Å². The normalized spacial score (nSPS) is 10.1. The Balaban J connectivity index is 2.68. The van der Waals surface area contributed by atoms with E-state index < -0.39 is 4.92 Å². The second kappa shape index (κ2) is 5.97. The number of Topliss-reactive ketones (excluding diaryl/α,β-unsaturated/α-hetero) is 1. The van der Waals surface area contributed by atoms with Crippen molar-refractivity contribution in [1.29, 1.82) is 0 Å². The predicted octanol–water partition coefficient (Wildman–Crippen LogP) is 1.91. The van der Waals surface area contributed by atoms with E-state index in [4.69, 9.17) is 5.73 Å². The highest BCUT2D eigenvalue weighted by atomic mass is 16.6. The first-order valence-corrected chi connectivity index (χ1v) is 5.13. The first kappa shape index (κ1) is 12.3. The van der Waals surface area contributed by atoms with Crippen molar-refractivity contribution in [3.63, 3.8) is 0 Å². The summed E-state index contributed by atoms with van der Waals surface area (Å²) in [6.45, 7) is 0.558. The first-order chi connectivity index (χ1) is 7.65. The summed E-state index contributed by atoms with van der Waals surface area (Å²) in [6, 6.07) is 5.80. The Morgan fingerprint density at radius 1 is 1.38 bits per heavy atom. The van der Waals surface area contributed by atoms with Crippen LogP contribution < -0.4 is 5.73 Å². The molecule has 0 unspecified atom stereocenters. The van der Waals surface area contributed by atoms with E-state index in [1.54, 1.807) is 6.07 Å². The number of nitrogens with two attached hydrogens (primary N) is 1. The molecule has 2 N–H and O–H groups in total. The van der Waals surface area contributed by atoms with Crippen LogP contribution in [-0.2, 0) is 0 Å². The molecular weight excluding hydrogens is 208 g/mol. The van der Waals surface area contributed by atoms with E-state index in [9.17, 15) is 14.9 Å². The van der Waals surface area contributed by atoms with Crippen LogP contribution in [0.1, 0.15) is 29.6 Å². The maximum Gasteiger partial charge on any atom is 0.270 e. The first-order valence-electron chi connectivity index (χ1n) is 5.13. The van der Waals surface area contributed by atoms with E-state index in [-0.39, 0.29) is 11.5 Å². The van der Waals surface area contributed by atoms with Crippen LogP contribution in [0.2, 0.25) is 0 Å². The van der Waals surface area contributed by atoms with Gasteiger partial charge in [-0.2, -0.15) is 0 Å². The number of carbonyl (C=O) groups is 1. The molecule has 0 aliphatic rings. The third-order valence-corrected chi connectivity index (χ3v) is 2.24. The van der Waals surface area contributed by atoms with E-state index >= 15 is 0 Å². The van der Waals surface area contributed by atoms with Gasteiger partial charge in [0.25, 0.3) is 5.69 Å². The number of non-ortho nitro benzene ring substituents is 1. The molecule has 1 aromatic rings. The molecule has 0 aromatic heterocycles. The van der Waals surface area contributed by atoms with Gasteiger partial charge in [-0.3, -0.25) is 14.9 Å². The van der Waals surface area contributed by atoms with Crippen LogP contribution in [0.25, 0.3) is 0 Å². The predicted molar refractivity (Wildman–Crippen MR) is 60.3 cm³/mol. The fraction of sp³-hybridized carbons (Fsp3) is 0.364. The van der Waals surface area contributed by atoms with Crippen molar-refractivity contribution in [2.45, 2.75) is 19.3 Å². The van der Waals surface area contributed by atoms with E-state index in [2.05, 4.69) is 0 Å². The number of ketones is 1. The van der Waals surface area contributed by atoms with Gasteiger partial charge in [0.2, 0.25) is 0 Å². The molecule has 1 rings (SSSR count). The van der Waals surface area contributed by atoms with Crippen LogP contribution in [0.3, 0.4) is 0 Å². The number of nitro groups is 1. The van der Waals surface area contributed by atoms with Crippen LogP contribution >= 0.6 is 0 Å². The summed E-state index contributed by atoms with van der Waals surface area (Å²) in [4.78, 5) is 21.6. The molecule has 0 spiro atoms. The fourth-order valence-electron chi connectivity index (χ4n) is 1.37. The lowest BCUT2D eigenvalue weighted by atomic mass is 10.1. The Bertz CT molecular complexity index is 391. The number of hydrogen-bond acceptors (Lipinski definition) is 4. The molecule has 0 aliphatic carbocycles. The SMILES string of the molecule is NCCCCC(=O)c1cccc([N+](=O)[O-])c1. The number of benzene rings is 1. The summed E-state index contributed by atoms with van der Waals surface area (Å²) in [5.41, 5.74) is 5.66. The molecule has 0 saturated heterocycles. The zero-order chi connectivity index (χ0) is 12.0. The van der Waals surface area contributed by atoms with Crippen LogP contribution in [0.4, 0.5) is 5.69 Å². The summed E-state index contributed by atoms with van der Waals surface area (Å²) in [7, 11) is 0. The molecular formula is C11H14N2O3. The number of unbranched alkanes of at least 4 members (excludes halogenated alkanes) is 1. The molecule has 0 bridgehead atoms. The van der Waals surface area contributed by atoms with Gasteiger partial charge < -0.3 is 5.73 Å². The van der Waals surface area contributed by atoms with Crippen molar-refractivity contribution in [2.24, 2.45) is 5.73 Å². The molecule has 0 saturated carbocycles. The van der Waals surface area contributed by atoms with E-state index in [0.29, 0.717) is 18.5 Å². The molecule has 16 heavy (non-hydrogen) atoms. The van der Waals surface area contributed by atoms with Crippen molar-refractivity contribution in [3.05, 3.63) is 39.9 Å². The summed E-state index contributed by atoms with van der Waals surface area (Å²) >= 11 is 0. The van der Waals surface area contributed by atoms with Gasteiger partial charge in [-0.15, -0.1) is 0 Å². The number of nitro benzene ring substituents is 1. The molecule has 0 atom stereocenters. The van der Waals surface area contributed by atoms with Crippen LogP contribution in [0.5, 0.6) is 0 Å². The van der Waals surface area contributed by atoms with Crippen LogP contribution in [0, 0.1) is 10.1 Å². The highest BCUT2D eigenvalue weighted by Gasteiger charge is 2.10. The maximum atomic E-state index is 11.6. The average Bonchev–Trinajstić information content (AvgIpc) is 2.29. The zero-order valence-corrected chi connectivity index (χ0v) is 8.89. The lowest BCUT2D eigenvalue weighted by Crippen LogP contribution is -2.03. The number of hydrogen-bond donors (Lipinski definition) is 1. The molecule has 0 aliphatic heterocycles. The topological polar surface area (TPSA) is 86.2 Å². The number of carbonyl (C=O) groups excluding carboxylic acids is 1. The Hall–Kier alpha value is -1.75. The van der Waals surface area contributed by atoms with Crippen molar-refractivity contribution >= 4 is 11.5 Å². The Labute approximate surface area is 93.4 Å². The lowest BCUT2D eigenvalue weighted by Gasteiger charge is -2.00. The molecule has 1 aromatic carbocycles. The van der Waals surface area contributed by atoms with Crippen LogP contribution in [-0.4, -0.2) is 17.3 Å². The smallest absolute Gasteiger partial charge is 0.270 e. The van der Waals surface area contributed by atoms with E-state index in [1.807, 2.05) is 0 Å². The molecule has 86 valence electrons. The fourth-order valence-corrected chi connectivity index (χ4v) is 1.37. The van der Waals surface area contributed by atoms with E-state index in [1.165, 1.54) is 18.2 Å². The quantitative estimate of drug-likeness (QED) is 0.344. The number of nitrogens with zero attached hydrogens (tertiary/aromatic N) is 1. The highest BCUT2D eigenvalue weighted by Crippen LogP contribution is 2.15. The van der Waals surface area contributed by atoms with Gasteiger partial charge >= 0.3 is 0 Å². The standard InChI is InChI=1S/C11H14N2O3/c12-7-2-1-6-11(14)9-4-3-5-10(8-9)13(15)16/h3-5,8H,1-2,6-7,12H2. The second-order valence-electron chi connectivity index (χ2n) is 3.48. The van der Waals surface area contributed by atoms with Gasteiger partial charge in [-0.25, -0.2) is 0 Å². The molecule has 5 nitrogen and oxygen atoms in total. The second-order valence-corrected chi connectivity index (χ2v) is 3.48.